The van der Waals surface area contributed by atoms with Crippen molar-refractivity contribution in [3.63, 3.8) is 0 Å². The second-order valence-electron chi connectivity index (χ2n) is 8.22. The minimum absolute atomic E-state index is 0.110. The monoisotopic (exact) mass is 547 g/mol. The smallest absolute Gasteiger partial charge is 0.244 e. The zero-order valence-corrected chi connectivity index (χ0v) is 22.2. The number of benzene rings is 3. The Morgan fingerprint density at radius 1 is 0.889 bits per heavy atom. The lowest BCUT2D eigenvalue weighted by Gasteiger charge is -2.33. The van der Waals surface area contributed by atoms with Crippen LogP contribution in [-0.2, 0) is 32.6 Å². The van der Waals surface area contributed by atoms with Crippen LogP contribution in [0.2, 0.25) is 10.0 Å². The molecule has 36 heavy (non-hydrogen) atoms. The summed E-state index contributed by atoms with van der Waals surface area (Å²) in [6.07, 6.45) is 1.25. The molecule has 0 unspecified atom stereocenters. The summed E-state index contributed by atoms with van der Waals surface area (Å²) in [5.74, 6) is -0.912. The number of amides is 2. The molecule has 0 saturated carbocycles. The minimum Gasteiger partial charge on any atom is -0.357 e. The quantitative estimate of drug-likeness (QED) is 0.413. The van der Waals surface area contributed by atoms with Crippen LogP contribution < -0.4 is 9.62 Å². The van der Waals surface area contributed by atoms with Crippen molar-refractivity contribution in [1.29, 1.82) is 0 Å². The van der Waals surface area contributed by atoms with Crippen molar-refractivity contribution in [1.82, 2.24) is 10.2 Å². The Morgan fingerprint density at radius 2 is 1.42 bits per heavy atom. The van der Waals surface area contributed by atoms with Crippen molar-refractivity contribution in [3.05, 3.63) is 100 Å². The van der Waals surface area contributed by atoms with E-state index in [1.54, 1.807) is 0 Å². The number of halogens is 2. The molecule has 0 aliphatic heterocycles. The first kappa shape index (κ1) is 27.5. The van der Waals surface area contributed by atoms with E-state index in [4.69, 9.17) is 23.2 Å². The summed E-state index contributed by atoms with van der Waals surface area (Å²) in [4.78, 5) is 28.2. The van der Waals surface area contributed by atoms with Gasteiger partial charge in [0.2, 0.25) is 21.8 Å². The average molecular weight is 548 g/mol. The van der Waals surface area contributed by atoms with Gasteiger partial charge in [-0.05, 0) is 29.3 Å². The normalized spacial score (nSPS) is 12.0. The maximum atomic E-state index is 13.8. The van der Waals surface area contributed by atoms with Crippen LogP contribution in [0.1, 0.15) is 11.1 Å². The van der Waals surface area contributed by atoms with Gasteiger partial charge < -0.3 is 10.2 Å². The number of carbonyl (C=O) groups excluding carboxylic acids is 2. The third-order valence-electron chi connectivity index (χ3n) is 5.53. The molecular formula is C26H27Cl2N3O4S. The highest BCUT2D eigenvalue weighted by Crippen LogP contribution is 2.27. The molecule has 7 nitrogen and oxygen atoms in total. The molecule has 3 aromatic carbocycles. The predicted octanol–water partition coefficient (Wildman–Crippen LogP) is 4.15. The zero-order valence-electron chi connectivity index (χ0n) is 19.9. The van der Waals surface area contributed by atoms with Gasteiger partial charge in [0.05, 0.1) is 11.9 Å². The summed E-state index contributed by atoms with van der Waals surface area (Å²) in [6, 6.07) is 22.0. The summed E-state index contributed by atoms with van der Waals surface area (Å²) in [5, 5.41) is 3.09. The minimum atomic E-state index is -3.90. The Hall–Kier alpha value is -3.07. The topological polar surface area (TPSA) is 86.8 Å². The van der Waals surface area contributed by atoms with Crippen molar-refractivity contribution in [2.45, 2.75) is 19.0 Å². The van der Waals surface area contributed by atoms with Gasteiger partial charge in [-0.15, -0.1) is 0 Å². The third kappa shape index (κ3) is 7.46. The van der Waals surface area contributed by atoms with Crippen LogP contribution in [0.15, 0.2) is 78.9 Å². The molecule has 0 heterocycles. The SMILES string of the molecule is CNC(=O)[C@H](Cc1ccccc1)N(Cc1ccccc1)C(=O)CN(c1cc(Cl)cc(Cl)c1)S(C)(=O)=O. The van der Waals surface area contributed by atoms with E-state index in [0.29, 0.717) is 0 Å². The predicted molar refractivity (Wildman–Crippen MR) is 144 cm³/mol. The molecule has 0 saturated heterocycles. The molecular weight excluding hydrogens is 521 g/mol. The lowest BCUT2D eigenvalue weighted by atomic mass is 10.0. The second-order valence-corrected chi connectivity index (χ2v) is 11.0. The fourth-order valence-corrected chi connectivity index (χ4v) is 5.15. The third-order valence-corrected chi connectivity index (χ3v) is 7.10. The van der Waals surface area contributed by atoms with Gasteiger partial charge in [0, 0.05) is 30.1 Å². The van der Waals surface area contributed by atoms with Crippen LogP contribution in [0.3, 0.4) is 0 Å². The Morgan fingerprint density at radius 3 is 1.92 bits per heavy atom. The Bertz CT molecular complexity index is 1290. The molecule has 0 fully saturated rings. The van der Waals surface area contributed by atoms with Gasteiger partial charge >= 0.3 is 0 Å². The van der Waals surface area contributed by atoms with Crippen molar-refractivity contribution in [2.75, 3.05) is 24.2 Å². The van der Waals surface area contributed by atoms with Gasteiger partial charge in [-0.3, -0.25) is 13.9 Å². The van der Waals surface area contributed by atoms with Crippen molar-refractivity contribution >= 4 is 50.7 Å². The van der Waals surface area contributed by atoms with E-state index in [9.17, 15) is 18.0 Å². The standard InChI is InChI=1S/C26H27Cl2N3O4S/c1-29-26(33)24(13-19-9-5-3-6-10-19)30(17-20-11-7-4-8-12-20)25(32)18-31(36(2,34)35)23-15-21(27)14-22(28)16-23/h3-12,14-16,24H,13,17-18H2,1-2H3,(H,29,33)/t24-/m0/s1. The number of sulfonamides is 1. The Kier molecular flexibility index (Phi) is 9.37. The number of hydrogen-bond acceptors (Lipinski definition) is 4. The number of anilines is 1. The first-order valence-corrected chi connectivity index (χ1v) is 13.7. The molecule has 1 atom stereocenters. The van der Waals surface area contributed by atoms with Crippen LogP contribution in [0.5, 0.6) is 0 Å². The summed E-state index contributed by atoms with van der Waals surface area (Å²) in [6.45, 7) is -0.427. The molecule has 0 aromatic heterocycles. The highest BCUT2D eigenvalue weighted by Gasteiger charge is 2.32. The van der Waals surface area contributed by atoms with Crippen LogP contribution in [0, 0.1) is 0 Å². The van der Waals surface area contributed by atoms with E-state index >= 15 is 0 Å². The average Bonchev–Trinajstić information content (AvgIpc) is 2.84. The first-order chi connectivity index (χ1) is 17.1. The number of hydrogen-bond donors (Lipinski definition) is 1. The number of rotatable bonds is 10. The lowest BCUT2D eigenvalue weighted by molar-refractivity contribution is -0.139. The molecule has 0 aliphatic rings. The van der Waals surface area contributed by atoms with Crippen LogP contribution in [-0.4, -0.2) is 51.0 Å². The highest BCUT2D eigenvalue weighted by atomic mass is 35.5. The van der Waals surface area contributed by atoms with Crippen molar-refractivity contribution in [2.24, 2.45) is 0 Å². The molecule has 3 rings (SSSR count). The summed E-state index contributed by atoms with van der Waals surface area (Å²) >= 11 is 12.2. The van der Waals surface area contributed by atoms with Gasteiger partial charge in [-0.1, -0.05) is 83.9 Å². The second kappa shape index (κ2) is 12.3. The van der Waals surface area contributed by atoms with Crippen LogP contribution in [0.25, 0.3) is 0 Å². The maximum Gasteiger partial charge on any atom is 0.244 e. The summed E-state index contributed by atoms with van der Waals surface area (Å²) < 4.78 is 26.4. The van der Waals surface area contributed by atoms with Gasteiger partial charge in [0.25, 0.3) is 0 Å². The Balaban J connectivity index is 2.02. The van der Waals surface area contributed by atoms with Gasteiger partial charge in [0.1, 0.15) is 12.6 Å². The number of nitrogens with zero attached hydrogens (tertiary/aromatic N) is 2. The molecule has 0 spiro atoms. The molecule has 3 aromatic rings. The highest BCUT2D eigenvalue weighted by molar-refractivity contribution is 7.92. The number of nitrogens with one attached hydrogen (secondary N) is 1. The van der Waals surface area contributed by atoms with E-state index in [1.807, 2.05) is 60.7 Å². The number of likely N-dealkylation sites (N-methyl/N-ethyl adjacent to an activating group) is 1. The maximum absolute atomic E-state index is 13.8. The fourth-order valence-electron chi connectivity index (χ4n) is 3.80. The molecule has 0 aliphatic carbocycles. The van der Waals surface area contributed by atoms with E-state index in [2.05, 4.69) is 5.32 Å². The summed E-state index contributed by atoms with van der Waals surface area (Å²) in [5.41, 5.74) is 1.81. The van der Waals surface area contributed by atoms with Crippen molar-refractivity contribution < 1.29 is 18.0 Å². The van der Waals surface area contributed by atoms with Gasteiger partial charge in [-0.2, -0.15) is 0 Å². The van der Waals surface area contributed by atoms with Gasteiger partial charge in [-0.25, -0.2) is 8.42 Å². The van der Waals surface area contributed by atoms with E-state index in [1.165, 1.54) is 30.1 Å². The van der Waals surface area contributed by atoms with E-state index < -0.39 is 28.5 Å². The molecule has 0 radical (unpaired) electrons. The fraction of sp³-hybridized carbons (Fsp3) is 0.231. The number of carbonyl (C=O) groups is 2. The Labute approximate surface area is 221 Å². The molecule has 10 heteroatoms. The van der Waals surface area contributed by atoms with Crippen molar-refractivity contribution in [3.8, 4) is 0 Å². The van der Waals surface area contributed by atoms with Crippen LogP contribution >= 0.6 is 23.2 Å². The summed E-state index contributed by atoms with van der Waals surface area (Å²) in [7, 11) is -2.39. The van der Waals surface area contributed by atoms with Crippen LogP contribution in [0.4, 0.5) is 5.69 Å². The zero-order chi connectivity index (χ0) is 26.3. The molecule has 2 amide bonds. The first-order valence-electron chi connectivity index (χ1n) is 11.1. The molecule has 0 bridgehead atoms. The van der Waals surface area contributed by atoms with Gasteiger partial charge in [0.15, 0.2) is 0 Å². The molecule has 190 valence electrons. The molecule has 1 N–H and O–H groups in total. The lowest BCUT2D eigenvalue weighted by Crippen LogP contribution is -2.52. The van der Waals surface area contributed by atoms with E-state index in [-0.39, 0.29) is 34.6 Å². The largest absolute Gasteiger partial charge is 0.357 e. The van der Waals surface area contributed by atoms with E-state index in [0.717, 1.165) is 21.7 Å².